The molecule has 0 aromatic heterocycles. The van der Waals surface area contributed by atoms with Gasteiger partial charge in [-0.3, -0.25) is 9.59 Å². The van der Waals surface area contributed by atoms with E-state index < -0.39 is 24.0 Å². The molecule has 0 heterocycles. The number of benzene rings is 2. The molecule has 0 bridgehead atoms. The summed E-state index contributed by atoms with van der Waals surface area (Å²) in [5, 5.41) is 14.8. The van der Waals surface area contributed by atoms with Crippen LogP contribution < -0.4 is 10.6 Å². The molecule has 174 valence electrons. The molecule has 33 heavy (non-hydrogen) atoms. The predicted octanol–water partition coefficient (Wildman–Crippen LogP) is 3.92. The van der Waals surface area contributed by atoms with Crippen molar-refractivity contribution in [2.24, 2.45) is 11.8 Å². The number of hydrogen-bond donors (Lipinski definition) is 3. The van der Waals surface area contributed by atoms with Crippen LogP contribution in [0.5, 0.6) is 0 Å². The van der Waals surface area contributed by atoms with Gasteiger partial charge in [0.2, 0.25) is 5.91 Å². The Morgan fingerprint density at radius 1 is 1.00 bits per heavy atom. The Bertz CT molecular complexity index is 1000. The van der Waals surface area contributed by atoms with Crippen LogP contribution in [0.3, 0.4) is 0 Å². The van der Waals surface area contributed by atoms with Crippen molar-refractivity contribution in [2.75, 3.05) is 6.61 Å². The molecule has 0 spiro atoms. The van der Waals surface area contributed by atoms with Crippen molar-refractivity contribution in [1.29, 1.82) is 0 Å². The summed E-state index contributed by atoms with van der Waals surface area (Å²) in [5.41, 5.74) is 4.55. The first-order valence-corrected chi connectivity index (χ1v) is 11.5. The molecule has 0 saturated heterocycles. The second-order valence-electron chi connectivity index (χ2n) is 9.25. The number of nitrogens with one attached hydrogen (secondary N) is 2. The van der Waals surface area contributed by atoms with Gasteiger partial charge in [-0.15, -0.1) is 0 Å². The number of rotatable bonds is 7. The lowest BCUT2D eigenvalue weighted by Gasteiger charge is -2.24. The van der Waals surface area contributed by atoms with Gasteiger partial charge in [-0.25, -0.2) is 4.79 Å². The summed E-state index contributed by atoms with van der Waals surface area (Å²) < 4.78 is 5.58. The Kier molecular flexibility index (Phi) is 6.67. The van der Waals surface area contributed by atoms with E-state index in [1.807, 2.05) is 38.1 Å². The van der Waals surface area contributed by atoms with Gasteiger partial charge in [0, 0.05) is 12.0 Å². The number of carboxylic acid groups (broad SMARTS) is 1. The summed E-state index contributed by atoms with van der Waals surface area (Å²) in [6.07, 6.45) is 0.947. The topological polar surface area (TPSA) is 105 Å². The monoisotopic (exact) mass is 450 g/mol. The van der Waals surface area contributed by atoms with E-state index in [9.17, 15) is 14.4 Å². The van der Waals surface area contributed by atoms with Crippen molar-refractivity contribution in [3.63, 3.8) is 0 Å². The molecule has 2 aliphatic carbocycles. The van der Waals surface area contributed by atoms with Gasteiger partial charge in [0.15, 0.2) is 0 Å². The number of fused-ring (bicyclic) bond motifs is 3. The van der Waals surface area contributed by atoms with E-state index in [0.29, 0.717) is 19.3 Å². The maximum atomic E-state index is 12.8. The Hall–Kier alpha value is -3.35. The molecule has 0 radical (unpaired) electrons. The lowest BCUT2D eigenvalue weighted by atomic mass is 9.98. The highest BCUT2D eigenvalue weighted by atomic mass is 16.5. The first kappa shape index (κ1) is 22.8. The van der Waals surface area contributed by atoms with E-state index in [0.717, 1.165) is 22.3 Å². The van der Waals surface area contributed by atoms with Gasteiger partial charge in [0.25, 0.3) is 0 Å². The third kappa shape index (κ3) is 4.87. The van der Waals surface area contributed by atoms with Crippen LogP contribution in [-0.4, -0.2) is 41.8 Å². The Morgan fingerprint density at radius 2 is 1.61 bits per heavy atom. The van der Waals surface area contributed by atoms with Gasteiger partial charge in [-0.05, 0) is 47.4 Å². The predicted molar refractivity (Wildman–Crippen MR) is 124 cm³/mol. The summed E-state index contributed by atoms with van der Waals surface area (Å²) in [4.78, 5) is 36.6. The van der Waals surface area contributed by atoms with Crippen LogP contribution in [-0.2, 0) is 14.3 Å². The van der Waals surface area contributed by atoms with Crippen molar-refractivity contribution in [2.45, 2.75) is 51.1 Å². The van der Waals surface area contributed by atoms with E-state index in [1.54, 1.807) is 0 Å². The zero-order valence-corrected chi connectivity index (χ0v) is 18.9. The van der Waals surface area contributed by atoms with Gasteiger partial charge < -0.3 is 20.5 Å². The van der Waals surface area contributed by atoms with Gasteiger partial charge in [0.05, 0.1) is 5.92 Å². The number of alkyl carbamates (subject to hydrolysis) is 1. The highest BCUT2D eigenvalue weighted by molar-refractivity contribution is 5.86. The fraction of sp³-hybridized carbons (Fsp3) is 0.423. The molecule has 2 aromatic carbocycles. The number of ether oxygens (including phenoxy) is 1. The summed E-state index contributed by atoms with van der Waals surface area (Å²) in [6.45, 7) is 3.88. The Balaban J connectivity index is 1.36. The zero-order valence-electron chi connectivity index (χ0n) is 18.9. The number of carbonyl (C=O) groups is 3. The van der Waals surface area contributed by atoms with E-state index in [4.69, 9.17) is 9.84 Å². The Morgan fingerprint density at radius 3 is 2.15 bits per heavy atom. The van der Waals surface area contributed by atoms with Crippen LogP contribution in [0, 0.1) is 11.8 Å². The lowest BCUT2D eigenvalue weighted by molar-refractivity contribution is -0.141. The second kappa shape index (κ2) is 9.65. The second-order valence-corrected chi connectivity index (χ2v) is 9.25. The molecule has 2 amide bonds. The van der Waals surface area contributed by atoms with Crippen molar-refractivity contribution in [1.82, 2.24) is 10.6 Å². The van der Waals surface area contributed by atoms with Crippen LogP contribution in [0.15, 0.2) is 48.5 Å². The molecule has 3 N–H and O–H groups in total. The van der Waals surface area contributed by atoms with E-state index in [1.165, 1.54) is 0 Å². The van der Waals surface area contributed by atoms with Crippen LogP contribution in [0.4, 0.5) is 4.79 Å². The normalized spacial score (nSPS) is 20.1. The quantitative estimate of drug-likeness (QED) is 0.593. The third-order valence-electron chi connectivity index (χ3n) is 6.69. The molecule has 2 aromatic rings. The SMILES string of the molecule is CC(C)C(NC(=O)OCC1c2ccccc2-c2ccccc21)C(=O)N[C@H]1CC[C@@H](C(=O)O)C1. The summed E-state index contributed by atoms with van der Waals surface area (Å²) in [7, 11) is 0. The minimum absolute atomic E-state index is 0.0547. The number of carboxylic acids is 1. The van der Waals surface area contributed by atoms with E-state index >= 15 is 0 Å². The minimum Gasteiger partial charge on any atom is -0.481 e. The summed E-state index contributed by atoms with van der Waals surface area (Å²) in [6, 6.07) is 15.3. The molecule has 1 saturated carbocycles. The molecule has 7 heteroatoms. The van der Waals surface area contributed by atoms with Crippen molar-refractivity contribution in [3.05, 3.63) is 59.7 Å². The van der Waals surface area contributed by atoms with Crippen molar-refractivity contribution < 1.29 is 24.2 Å². The lowest BCUT2D eigenvalue weighted by Crippen LogP contribution is -2.52. The zero-order chi connectivity index (χ0) is 23.5. The molecule has 4 rings (SSSR count). The molecule has 3 atom stereocenters. The van der Waals surface area contributed by atoms with Gasteiger partial charge >= 0.3 is 12.1 Å². The highest BCUT2D eigenvalue weighted by Gasteiger charge is 2.34. The smallest absolute Gasteiger partial charge is 0.407 e. The van der Waals surface area contributed by atoms with Gasteiger partial charge in [-0.2, -0.15) is 0 Å². The maximum absolute atomic E-state index is 12.8. The fourth-order valence-corrected chi connectivity index (χ4v) is 4.93. The molecule has 1 unspecified atom stereocenters. The fourth-order valence-electron chi connectivity index (χ4n) is 4.93. The van der Waals surface area contributed by atoms with Gasteiger partial charge in [-0.1, -0.05) is 62.4 Å². The first-order chi connectivity index (χ1) is 15.8. The maximum Gasteiger partial charge on any atom is 0.407 e. The van der Waals surface area contributed by atoms with E-state index in [-0.39, 0.29) is 30.4 Å². The molecule has 2 aliphatic rings. The third-order valence-corrected chi connectivity index (χ3v) is 6.69. The number of amides is 2. The van der Waals surface area contributed by atoms with Gasteiger partial charge in [0.1, 0.15) is 12.6 Å². The molecule has 0 aliphatic heterocycles. The molecule has 1 fully saturated rings. The van der Waals surface area contributed by atoms with Crippen LogP contribution in [0.1, 0.15) is 50.2 Å². The largest absolute Gasteiger partial charge is 0.481 e. The van der Waals surface area contributed by atoms with Crippen LogP contribution in [0.2, 0.25) is 0 Å². The minimum atomic E-state index is -0.830. The van der Waals surface area contributed by atoms with E-state index in [2.05, 4.69) is 34.9 Å². The average Bonchev–Trinajstić information content (AvgIpc) is 3.39. The van der Waals surface area contributed by atoms with Crippen molar-refractivity contribution in [3.8, 4) is 11.1 Å². The summed E-state index contributed by atoms with van der Waals surface area (Å²) in [5.74, 6) is -1.77. The number of carbonyl (C=O) groups excluding carboxylic acids is 2. The van der Waals surface area contributed by atoms with Crippen LogP contribution >= 0.6 is 0 Å². The molecular weight excluding hydrogens is 420 g/mol. The molecule has 7 nitrogen and oxygen atoms in total. The van der Waals surface area contributed by atoms with Crippen LogP contribution in [0.25, 0.3) is 11.1 Å². The first-order valence-electron chi connectivity index (χ1n) is 11.5. The number of aliphatic carboxylic acids is 1. The molecular formula is C26H30N2O5. The Labute approximate surface area is 193 Å². The standard InChI is InChI=1S/C26H30N2O5/c1-15(2)23(24(29)27-17-12-11-16(13-17)25(30)31)28-26(32)33-14-22-20-9-5-3-7-18(20)19-8-4-6-10-21(19)22/h3-10,15-17,22-23H,11-14H2,1-2H3,(H,27,29)(H,28,32)(H,30,31)/t16-,17+,23?/m1/s1. The highest BCUT2D eigenvalue weighted by Crippen LogP contribution is 2.44. The average molecular weight is 451 g/mol. The number of hydrogen-bond acceptors (Lipinski definition) is 4. The van der Waals surface area contributed by atoms with Crippen molar-refractivity contribution >= 4 is 18.0 Å². The summed E-state index contributed by atoms with van der Waals surface area (Å²) >= 11 is 0.